The van der Waals surface area contributed by atoms with Gasteiger partial charge in [-0.05, 0) is 91.1 Å². The second kappa shape index (κ2) is 10.3. The molecule has 0 spiro atoms. The zero-order valence-corrected chi connectivity index (χ0v) is 21.6. The highest BCUT2D eigenvalue weighted by Crippen LogP contribution is 2.42. The van der Waals surface area contributed by atoms with Crippen molar-refractivity contribution < 1.29 is 9.13 Å². The minimum Gasteiger partial charge on any atom is -0.457 e. The number of anilines is 1. The molecule has 2 aromatic heterocycles. The van der Waals surface area contributed by atoms with E-state index >= 15 is 0 Å². The topological polar surface area (TPSA) is 42.3 Å². The van der Waals surface area contributed by atoms with Crippen LogP contribution in [0.1, 0.15) is 23.5 Å². The van der Waals surface area contributed by atoms with E-state index in [4.69, 9.17) is 28.6 Å². The summed E-state index contributed by atoms with van der Waals surface area (Å²) in [7, 11) is 0. The quantitative estimate of drug-likeness (QED) is 0.224. The Balaban J connectivity index is 1.41. The number of pyridine rings is 1. The number of hydrogen-bond donors (Lipinski definition) is 1. The van der Waals surface area contributed by atoms with Crippen molar-refractivity contribution in [1.29, 1.82) is 0 Å². The number of aromatic nitrogens is 2. The van der Waals surface area contributed by atoms with Gasteiger partial charge in [-0.3, -0.25) is 4.98 Å². The highest BCUT2D eigenvalue weighted by molar-refractivity contribution is 7.80. The van der Waals surface area contributed by atoms with Crippen LogP contribution in [0, 0.1) is 5.82 Å². The first-order chi connectivity index (χ1) is 18.6. The molecule has 0 saturated carbocycles. The van der Waals surface area contributed by atoms with Crippen molar-refractivity contribution in [2.75, 3.05) is 4.90 Å². The SMILES string of the molecule is Fc1ccc(-n2cccc2[C@H]2[C@@H](c3ccccn3)NC(=S)N2c2ccc(Oc3ccccc3)cc2)cc1Cl. The van der Waals surface area contributed by atoms with Gasteiger partial charge in [-0.1, -0.05) is 35.9 Å². The number of halogens is 2. The number of ether oxygens (including phenoxy) is 1. The molecular weight excluding hydrogens is 519 g/mol. The van der Waals surface area contributed by atoms with E-state index in [2.05, 4.69) is 15.2 Å². The van der Waals surface area contributed by atoms with Crippen molar-refractivity contribution in [3.05, 3.63) is 138 Å². The summed E-state index contributed by atoms with van der Waals surface area (Å²) in [6.45, 7) is 0. The third kappa shape index (κ3) is 4.62. The second-order valence-corrected chi connectivity index (χ2v) is 9.60. The number of benzene rings is 3. The van der Waals surface area contributed by atoms with Crippen LogP contribution in [0.15, 0.2) is 116 Å². The summed E-state index contributed by atoms with van der Waals surface area (Å²) in [5.74, 6) is 1.03. The normalized spacial score (nSPS) is 16.9. The molecule has 38 heavy (non-hydrogen) atoms. The number of thiocarbonyl (C=S) groups is 1. The van der Waals surface area contributed by atoms with Gasteiger partial charge in [0, 0.05) is 29.5 Å². The summed E-state index contributed by atoms with van der Waals surface area (Å²) in [6, 6.07) is 31.5. The van der Waals surface area contributed by atoms with Crippen molar-refractivity contribution in [3.63, 3.8) is 0 Å². The van der Waals surface area contributed by atoms with E-state index in [1.54, 1.807) is 18.3 Å². The van der Waals surface area contributed by atoms with Gasteiger partial charge in [0.2, 0.25) is 0 Å². The fourth-order valence-corrected chi connectivity index (χ4v) is 5.26. The predicted molar refractivity (Wildman–Crippen MR) is 152 cm³/mol. The lowest BCUT2D eigenvalue weighted by molar-refractivity contribution is 0.482. The molecule has 6 rings (SSSR count). The van der Waals surface area contributed by atoms with Gasteiger partial charge < -0.3 is 19.5 Å². The van der Waals surface area contributed by atoms with Gasteiger partial charge in [0.25, 0.3) is 0 Å². The molecule has 0 bridgehead atoms. The maximum atomic E-state index is 13.9. The summed E-state index contributed by atoms with van der Waals surface area (Å²) >= 11 is 12.0. The molecule has 0 radical (unpaired) electrons. The van der Waals surface area contributed by atoms with E-state index in [9.17, 15) is 4.39 Å². The molecule has 1 aliphatic heterocycles. The number of nitrogens with zero attached hydrogens (tertiary/aromatic N) is 3. The molecule has 1 aliphatic rings. The molecule has 0 amide bonds. The third-order valence-corrected chi connectivity index (χ3v) is 7.06. The zero-order chi connectivity index (χ0) is 26.1. The minimum absolute atomic E-state index is 0.0642. The van der Waals surface area contributed by atoms with Gasteiger partial charge in [-0.25, -0.2) is 4.39 Å². The summed E-state index contributed by atoms with van der Waals surface area (Å²) in [4.78, 5) is 6.71. The zero-order valence-electron chi connectivity index (χ0n) is 20.0. The Hall–Kier alpha value is -4.20. The highest BCUT2D eigenvalue weighted by Gasteiger charge is 2.42. The minimum atomic E-state index is -0.460. The molecule has 1 saturated heterocycles. The van der Waals surface area contributed by atoms with Crippen LogP contribution in [-0.2, 0) is 0 Å². The number of para-hydroxylation sites is 1. The number of rotatable bonds is 6. The molecule has 0 aliphatic carbocycles. The summed E-state index contributed by atoms with van der Waals surface area (Å²) in [6.07, 6.45) is 3.71. The van der Waals surface area contributed by atoms with Crippen LogP contribution in [0.3, 0.4) is 0 Å². The highest BCUT2D eigenvalue weighted by atomic mass is 35.5. The largest absolute Gasteiger partial charge is 0.457 e. The fourth-order valence-electron chi connectivity index (χ4n) is 4.74. The summed E-state index contributed by atoms with van der Waals surface area (Å²) in [5.41, 5.74) is 3.45. The fraction of sp³-hybridized carbons (Fsp3) is 0.0667. The van der Waals surface area contributed by atoms with Crippen LogP contribution in [0.2, 0.25) is 5.02 Å². The van der Waals surface area contributed by atoms with E-state index in [0.717, 1.165) is 34.3 Å². The lowest BCUT2D eigenvalue weighted by Crippen LogP contribution is -2.30. The first kappa shape index (κ1) is 24.2. The second-order valence-electron chi connectivity index (χ2n) is 8.81. The number of hydrogen-bond acceptors (Lipinski definition) is 3. The van der Waals surface area contributed by atoms with E-state index in [1.165, 1.54) is 6.07 Å². The first-order valence-electron chi connectivity index (χ1n) is 12.0. The average Bonchev–Trinajstić information content (AvgIpc) is 3.56. The maximum absolute atomic E-state index is 13.9. The lowest BCUT2D eigenvalue weighted by atomic mass is 10.0. The Labute approximate surface area is 230 Å². The van der Waals surface area contributed by atoms with Gasteiger partial charge in [0.1, 0.15) is 23.4 Å². The molecule has 1 N–H and O–H groups in total. The molecule has 1 fully saturated rings. The van der Waals surface area contributed by atoms with Crippen LogP contribution < -0.4 is 15.0 Å². The molecule has 5 aromatic rings. The van der Waals surface area contributed by atoms with Crippen molar-refractivity contribution in [3.8, 4) is 17.2 Å². The molecule has 2 atom stereocenters. The van der Waals surface area contributed by atoms with Gasteiger partial charge in [-0.2, -0.15) is 0 Å². The van der Waals surface area contributed by atoms with E-state index < -0.39 is 5.82 Å². The molecule has 188 valence electrons. The molecule has 8 heteroatoms. The maximum Gasteiger partial charge on any atom is 0.174 e. The smallest absolute Gasteiger partial charge is 0.174 e. The van der Waals surface area contributed by atoms with Gasteiger partial charge in [-0.15, -0.1) is 0 Å². The third-order valence-electron chi connectivity index (χ3n) is 6.46. The Morgan fingerprint density at radius 3 is 2.32 bits per heavy atom. The molecule has 3 heterocycles. The monoisotopic (exact) mass is 540 g/mol. The predicted octanol–water partition coefficient (Wildman–Crippen LogP) is 7.63. The van der Waals surface area contributed by atoms with Gasteiger partial charge in [0.15, 0.2) is 5.11 Å². The van der Waals surface area contributed by atoms with E-state index in [1.807, 2.05) is 95.7 Å². The summed E-state index contributed by atoms with van der Waals surface area (Å²) in [5, 5.41) is 4.12. The van der Waals surface area contributed by atoms with Crippen molar-refractivity contribution >= 4 is 34.6 Å². The Bertz CT molecular complexity index is 1580. The Morgan fingerprint density at radius 1 is 0.842 bits per heavy atom. The van der Waals surface area contributed by atoms with Gasteiger partial charge in [0.05, 0.1) is 16.8 Å². The van der Waals surface area contributed by atoms with Crippen LogP contribution in [0.5, 0.6) is 11.5 Å². The van der Waals surface area contributed by atoms with Crippen LogP contribution in [-0.4, -0.2) is 14.7 Å². The van der Waals surface area contributed by atoms with Crippen molar-refractivity contribution in [2.45, 2.75) is 12.1 Å². The standard InChI is InChI=1S/C30H22ClFN4OS/c31-24-19-21(13-16-25(24)32)35-18-6-10-27(35)29-28(26-9-4-5-17-33-26)34-30(38)36(29)20-11-14-23(15-12-20)37-22-7-2-1-3-8-22/h1-19,28-29H,(H,34,38)/t28-,29+/m1/s1. The van der Waals surface area contributed by atoms with E-state index in [0.29, 0.717) is 5.11 Å². The number of nitrogens with one attached hydrogen (secondary N) is 1. The average molecular weight is 541 g/mol. The Kier molecular flexibility index (Phi) is 6.54. The summed E-state index contributed by atoms with van der Waals surface area (Å²) < 4.78 is 21.9. The van der Waals surface area contributed by atoms with Crippen LogP contribution in [0.25, 0.3) is 5.69 Å². The lowest BCUT2D eigenvalue weighted by Gasteiger charge is -2.29. The van der Waals surface area contributed by atoms with Crippen LogP contribution in [0.4, 0.5) is 10.1 Å². The van der Waals surface area contributed by atoms with Gasteiger partial charge >= 0.3 is 0 Å². The first-order valence-corrected chi connectivity index (χ1v) is 12.8. The van der Waals surface area contributed by atoms with Crippen molar-refractivity contribution in [2.24, 2.45) is 0 Å². The molecule has 0 unspecified atom stereocenters. The Morgan fingerprint density at radius 2 is 1.58 bits per heavy atom. The molecular formula is C30H22ClFN4OS. The molecule has 3 aromatic carbocycles. The van der Waals surface area contributed by atoms with Crippen LogP contribution >= 0.6 is 23.8 Å². The van der Waals surface area contributed by atoms with Crippen molar-refractivity contribution in [1.82, 2.24) is 14.9 Å². The van der Waals surface area contributed by atoms with E-state index in [-0.39, 0.29) is 17.1 Å². The molecule has 5 nitrogen and oxygen atoms in total.